The summed E-state index contributed by atoms with van der Waals surface area (Å²) >= 11 is 0. The number of aromatic nitrogens is 2. The first-order chi connectivity index (χ1) is 16.5. The van der Waals surface area contributed by atoms with Gasteiger partial charge in [0.1, 0.15) is 17.0 Å². The summed E-state index contributed by atoms with van der Waals surface area (Å²) in [6, 6.07) is 5.45. The second-order valence-electron chi connectivity index (χ2n) is 8.29. The Bertz CT molecular complexity index is 1270. The lowest BCUT2D eigenvalue weighted by atomic mass is 9.99. The van der Waals surface area contributed by atoms with E-state index in [9.17, 15) is 9.59 Å². The number of ether oxygens (including phenoxy) is 2. The second kappa shape index (κ2) is 10.2. The van der Waals surface area contributed by atoms with Gasteiger partial charge in [-0.05, 0) is 31.2 Å². The lowest BCUT2D eigenvalue weighted by Gasteiger charge is -2.34. The predicted molar refractivity (Wildman–Crippen MR) is 137 cm³/mol. The van der Waals surface area contributed by atoms with Crippen LogP contribution in [0.2, 0.25) is 0 Å². The van der Waals surface area contributed by atoms with Crippen molar-refractivity contribution in [1.29, 1.82) is 0 Å². The molecule has 1 aromatic carbocycles. The summed E-state index contributed by atoms with van der Waals surface area (Å²) in [5, 5.41) is 0.779. The van der Waals surface area contributed by atoms with Crippen LogP contribution >= 0.6 is 0 Å². The van der Waals surface area contributed by atoms with Crippen molar-refractivity contribution in [3.63, 3.8) is 0 Å². The summed E-state index contributed by atoms with van der Waals surface area (Å²) in [6.45, 7) is 8.21. The number of allylic oxidation sites excluding steroid dienone is 1. The van der Waals surface area contributed by atoms with Crippen LogP contribution < -0.4 is 15.0 Å². The Morgan fingerprint density at radius 2 is 1.82 bits per heavy atom. The molecule has 0 aliphatic carbocycles. The molecule has 8 heteroatoms. The number of rotatable bonds is 7. The maximum Gasteiger partial charge on any atom is 0.278 e. The Morgan fingerprint density at radius 1 is 1.09 bits per heavy atom. The van der Waals surface area contributed by atoms with Gasteiger partial charge < -0.3 is 24.3 Å². The molecule has 0 atom stereocenters. The molecule has 8 nitrogen and oxygen atoms in total. The fourth-order valence-corrected chi connectivity index (χ4v) is 4.42. The summed E-state index contributed by atoms with van der Waals surface area (Å²) in [5.74, 6) is 0.952. The van der Waals surface area contributed by atoms with E-state index < -0.39 is 0 Å². The normalized spacial score (nSPS) is 14.8. The molecule has 1 N–H and O–H groups in total. The maximum absolute atomic E-state index is 13.4. The number of H-pyrrole nitrogens is 1. The molecule has 2 aromatic heterocycles. The van der Waals surface area contributed by atoms with Gasteiger partial charge in [-0.15, -0.1) is 0 Å². The van der Waals surface area contributed by atoms with Gasteiger partial charge in [0.2, 0.25) is 0 Å². The van der Waals surface area contributed by atoms with Crippen molar-refractivity contribution in [1.82, 2.24) is 19.4 Å². The highest BCUT2D eigenvalue weighted by Gasteiger charge is 2.26. The third-order valence-electron chi connectivity index (χ3n) is 6.40. The molecule has 0 bridgehead atoms. The first-order valence-corrected chi connectivity index (χ1v) is 11.7. The van der Waals surface area contributed by atoms with E-state index in [4.69, 9.17) is 9.47 Å². The molecule has 3 aromatic rings. The molecule has 4 rings (SSSR count). The van der Waals surface area contributed by atoms with Crippen molar-refractivity contribution >= 4 is 23.0 Å². The van der Waals surface area contributed by atoms with Crippen molar-refractivity contribution in [2.45, 2.75) is 20.3 Å². The molecule has 1 amide bonds. The van der Waals surface area contributed by atoms with E-state index in [1.807, 2.05) is 30.0 Å². The summed E-state index contributed by atoms with van der Waals surface area (Å²) in [5.41, 5.74) is 2.40. The third kappa shape index (κ3) is 4.33. The number of likely N-dealkylation sites (N-methyl/N-ethyl adjacent to an activating group) is 1. The molecule has 182 valence electrons. The minimum absolute atomic E-state index is 0. The topological polar surface area (TPSA) is 79.8 Å². The van der Waals surface area contributed by atoms with Crippen LogP contribution in [0.4, 0.5) is 0 Å². The molecular formula is C26H34N4O4. The Kier molecular flexibility index (Phi) is 7.07. The average Bonchev–Trinajstić information content (AvgIpc) is 3.38. The minimum atomic E-state index is -0.127. The van der Waals surface area contributed by atoms with Crippen molar-refractivity contribution in [2.24, 2.45) is 0 Å². The molecule has 1 fully saturated rings. The molecule has 0 unspecified atom stereocenters. The Morgan fingerprint density at radius 3 is 2.47 bits per heavy atom. The zero-order valence-corrected chi connectivity index (χ0v) is 20.3. The van der Waals surface area contributed by atoms with E-state index in [0.717, 1.165) is 42.6 Å². The number of aromatic amines is 1. The monoisotopic (exact) mass is 466 g/mol. The number of nitrogens with one attached hydrogen (secondary N) is 1. The van der Waals surface area contributed by atoms with Gasteiger partial charge in [-0.3, -0.25) is 14.2 Å². The standard InChI is InChI=1S/C26H32N4O4.H2/c1-5-7-10-30-17-21(18-8-9-27-24(18)26(30)32)19-15-23(34-4)20(16-22(19)33-3)25(31)29-13-11-28(6-2)12-14-29;/h7-10,15-17,27H,5-6,11-14H2,1-4H3;1H/b10-7+;. The average molecular weight is 467 g/mol. The highest BCUT2D eigenvalue weighted by molar-refractivity contribution is 6.01. The van der Waals surface area contributed by atoms with Crippen LogP contribution in [-0.2, 0) is 0 Å². The van der Waals surface area contributed by atoms with Gasteiger partial charge in [0.25, 0.3) is 11.5 Å². The minimum Gasteiger partial charge on any atom is -0.496 e. The molecule has 1 aliphatic rings. The quantitative estimate of drug-likeness (QED) is 0.571. The molecule has 0 radical (unpaired) electrons. The Hall–Kier alpha value is -3.52. The number of nitrogens with zero attached hydrogens (tertiary/aromatic N) is 3. The van der Waals surface area contributed by atoms with Crippen molar-refractivity contribution < 1.29 is 15.7 Å². The largest absolute Gasteiger partial charge is 0.496 e. The van der Waals surface area contributed by atoms with Crippen LogP contribution in [0.1, 0.15) is 32.1 Å². The molecule has 0 spiro atoms. The number of piperazine rings is 1. The number of carbonyl (C=O) groups excluding carboxylic acids is 1. The van der Waals surface area contributed by atoms with Crippen molar-refractivity contribution in [3.8, 4) is 22.6 Å². The van der Waals surface area contributed by atoms with Gasteiger partial charge in [-0.25, -0.2) is 0 Å². The number of benzene rings is 1. The number of pyridine rings is 1. The van der Waals surface area contributed by atoms with Gasteiger partial charge in [0.05, 0.1) is 19.8 Å². The summed E-state index contributed by atoms with van der Waals surface area (Å²) in [7, 11) is 3.15. The van der Waals surface area contributed by atoms with Gasteiger partial charge in [-0.2, -0.15) is 0 Å². The second-order valence-corrected chi connectivity index (χ2v) is 8.29. The Balaban J connectivity index is 0.00000342. The van der Waals surface area contributed by atoms with Gasteiger partial charge in [0, 0.05) is 62.7 Å². The van der Waals surface area contributed by atoms with Crippen LogP contribution in [0.15, 0.2) is 41.5 Å². The molecular weight excluding hydrogens is 432 g/mol. The lowest BCUT2D eigenvalue weighted by Crippen LogP contribution is -2.48. The van der Waals surface area contributed by atoms with Crippen LogP contribution in [0.3, 0.4) is 0 Å². The molecule has 1 saturated heterocycles. The zero-order chi connectivity index (χ0) is 24.2. The van der Waals surface area contributed by atoms with E-state index in [0.29, 0.717) is 35.7 Å². The summed E-state index contributed by atoms with van der Waals surface area (Å²) in [4.78, 5) is 33.5. The zero-order valence-electron chi connectivity index (χ0n) is 20.3. The first-order valence-electron chi connectivity index (χ1n) is 11.7. The van der Waals surface area contributed by atoms with Crippen LogP contribution in [0.5, 0.6) is 11.5 Å². The van der Waals surface area contributed by atoms with Crippen molar-refractivity contribution in [3.05, 3.63) is 52.6 Å². The summed E-state index contributed by atoms with van der Waals surface area (Å²) in [6.07, 6.45) is 8.06. The number of amides is 1. The van der Waals surface area contributed by atoms with Gasteiger partial charge in [-0.1, -0.05) is 19.9 Å². The Labute approximate surface area is 200 Å². The smallest absolute Gasteiger partial charge is 0.278 e. The fraction of sp³-hybridized carbons (Fsp3) is 0.385. The van der Waals surface area contributed by atoms with Crippen LogP contribution in [0, 0.1) is 0 Å². The number of carbonyl (C=O) groups is 1. The highest BCUT2D eigenvalue weighted by atomic mass is 16.5. The van der Waals surface area contributed by atoms with Gasteiger partial charge >= 0.3 is 0 Å². The predicted octanol–water partition coefficient (Wildman–Crippen LogP) is 3.92. The molecule has 3 heterocycles. The highest BCUT2D eigenvalue weighted by Crippen LogP contribution is 2.39. The fourth-order valence-electron chi connectivity index (χ4n) is 4.42. The lowest BCUT2D eigenvalue weighted by molar-refractivity contribution is 0.0640. The van der Waals surface area contributed by atoms with E-state index in [-0.39, 0.29) is 12.9 Å². The number of hydrogen-bond donors (Lipinski definition) is 1. The maximum atomic E-state index is 13.4. The molecule has 1 aliphatic heterocycles. The van der Waals surface area contributed by atoms with Crippen LogP contribution in [0.25, 0.3) is 28.2 Å². The van der Waals surface area contributed by atoms with E-state index in [2.05, 4.69) is 16.8 Å². The van der Waals surface area contributed by atoms with Crippen LogP contribution in [-0.4, -0.2) is 72.2 Å². The number of hydrogen-bond acceptors (Lipinski definition) is 5. The SMILES string of the molecule is CC/C=C/n1cc(-c2cc(OC)c(C(=O)N3CCN(CC)CC3)cc2OC)c2cc[nH]c2c1=O.[HH]. The van der Waals surface area contributed by atoms with Crippen molar-refractivity contribution in [2.75, 3.05) is 46.9 Å². The van der Waals surface area contributed by atoms with Gasteiger partial charge in [0.15, 0.2) is 0 Å². The van der Waals surface area contributed by atoms with E-state index >= 15 is 0 Å². The van der Waals surface area contributed by atoms with E-state index in [1.165, 1.54) is 0 Å². The summed E-state index contributed by atoms with van der Waals surface area (Å²) < 4.78 is 13.0. The number of methoxy groups -OCH3 is 2. The first kappa shape index (κ1) is 23.6. The third-order valence-corrected chi connectivity index (χ3v) is 6.40. The number of fused-ring (bicyclic) bond motifs is 1. The van der Waals surface area contributed by atoms with E-state index in [1.54, 1.807) is 43.4 Å². The molecule has 34 heavy (non-hydrogen) atoms. The molecule has 0 saturated carbocycles.